The molecule has 0 amide bonds. The van der Waals surface area contributed by atoms with E-state index in [2.05, 4.69) is 10.1 Å². The van der Waals surface area contributed by atoms with Gasteiger partial charge in [-0.2, -0.15) is 4.31 Å². The molecule has 3 aromatic rings. The number of ether oxygens (including phenoxy) is 2. The Bertz CT molecular complexity index is 1160. The number of methoxy groups -OCH3 is 1. The molecule has 1 unspecified atom stereocenters. The van der Waals surface area contributed by atoms with Gasteiger partial charge in [0.2, 0.25) is 10.0 Å². The van der Waals surface area contributed by atoms with Crippen molar-refractivity contribution in [2.75, 3.05) is 19.0 Å². The van der Waals surface area contributed by atoms with Crippen molar-refractivity contribution >= 4 is 21.7 Å². The molecular formula is C23H22N2O5S. The van der Waals surface area contributed by atoms with E-state index in [1.165, 1.54) is 11.4 Å². The van der Waals surface area contributed by atoms with Crippen molar-refractivity contribution in [1.82, 2.24) is 4.31 Å². The van der Waals surface area contributed by atoms with Gasteiger partial charge in [-0.25, -0.2) is 13.2 Å². The van der Waals surface area contributed by atoms with E-state index < -0.39 is 22.2 Å². The van der Waals surface area contributed by atoms with E-state index in [1.54, 1.807) is 48.5 Å². The van der Waals surface area contributed by atoms with Crippen LogP contribution < -0.4 is 10.1 Å². The van der Waals surface area contributed by atoms with Gasteiger partial charge in [0, 0.05) is 6.54 Å². The number of nitrogens with zero attached hydrogens (tertiary/aromatic N) is 1. The second-order valence-corrected chi connectivity index (χ2v) is 8.87. The Morgan fingerprint density at radius 2 is 1.65 bits per heavy atom. The summed E-state index contributed by atoms with van der Waals surface area (Å²) < 4.78 is 38.4. The van der Waals surface area contributed by atoms with Crippen molar-refractivity contribution in [3.8, 4) is 5.75 Å². The molecule has 7 nitrogen and oxygen atoms in total. The molecular weight excluding hydrogens is 416 g/mol. The lowest BCUT2D eigenvalue weighted by Gasteiger charge is -2.37. The average Bonchev–Trinajstić information content (AvgIpc) is 2.80. The Hall–Kier alpha value is -3.36. The molecule has 1 N–H and O–H groups in total. The van der Waals surface area contributed by atoms with Crippen LogP contribution in [0.5, 0.6) is 5.75 Å². The van der Waals surface area contributed by atoms with Gasteiger partial charge >= 0.3 is 5.97 Å². The Labute approximate surface area is 181 Å². The summed E-state index contributed by atoms with van der Waals surface area (Å²) in [5.41, 5.74) is 2.19. The maximum absolute atomic E-state index is 13.5. The number of rotatable bonds is 6. The van der Waals surface area contributed by atoms with Gasteiger partial charge < -0.3 is 14.8 Å². The lowest BCUT2D eigenvalue weighted by atomic mass is 10.1. The van der Waals surface area contributed by atoms with Gasteiger partial charge in [0.05, 0.1) is 12.8 Å². The molecule has 1 aliphatic heterocycles. The number of esters is 1. The Morgan fingerprint density at radius 3 is 2.35 bits per heavy atom. The predicted molar refractivity (Wildman–Crippen MR) is 116 cm³/mol. The van der Waals surface area contributed by atoms with Crippen LogP contribution in [0.2, 0.25) is 0 Å². The molecule has 31 heavy (non-hydrogen) atoms. The zero-order valence-electron chi connectivity index (χ0n) is 16.9. The number of nitrogens with one attached hydrogen (secondary N) is 1. The fourth-order valence-corrected chi connectivity index (χ4v) is 5.11. The zero-order chi connectivity index (χ0) is 21.8. The van der Waals surface area contributed by atoms with E-state index >= 15 is 0 Å². The number of benzene rings is 3. The first-order valence-electron chi connectivity index (χ1n) is 9.70. The predicted octanol–water partition coefficient (Wildman–Crippen LogP) is 3.55. The minimum Gasteiger partial charge on any atom is -0.482 e. The minimum absolute atomic E-state index is 0.195. The second-order valence-electron chi connectivity index (χ2n) is 7.01. The van der Waals surface area contributed by atoms with Crippen LogP contribution in [0, 0.1) is 0 Å². The third kappa shape index (κ3) is 4.40. The van der Waals surface area contributed by atoms with Crippen molar-refractivity contribution in [2.45, 2.75) is 17.6 Å². The monoisotopic (exact) mass is 438 g/mol. The maximum Gasteiger partial charge on any atom is 0.343 e. The minimum atomic E-state index is -3.73. The van der Waals surface area contributed by atoms with Crippen LogP contribution >= 0.6 is 0 Å². The molecule has 0 fully saturated rings. The van der Waals surface area contributed by atoms with Crippen LogP contribution in [0.15, 0.2) is 83.8 Å². The van der Waals surface area contributed by atoms with Crippen molar-refractivity contribution in [1.29, 1.82) is 0 Å². The third-order valence-corrected chi connectivity index (χ3v) is 6.88. The molecule has 0 spiro atoms. The first-order valence-corrected chi connectivity index (χ1v) is 11.1. The summed E-state index contributed by atoms with van der Waals surface area (Å²) in [6.07, 6.45) is -0.602. The van der Waals surface area contributed by atoms with Crippen molar-refractivity contribution < 1.29 is 22.7 Å². The Kier molecular flexibility index (Phi) is 5.92. The van der Waals surface area contributed by atoms with Gasteiger partial charge in [-0.15, -0.1) is 0 Å². The smallest absolute Gasteiger partial charge is 0.343 e. The number of carbonyl (C=O) groups excluding carboxylic acids is 1. The largest absolute Gasteiger partial charge is 0.482 e. The summed E-state index contributed by atoms with van der Waals surface area (Å²) >= 11 is 0. The maximum atomic E-state index is 13.5. The van der Waals surface area contributed by atoms with Crippen LogP contribution in [0.3, 0.4) is 0 Å². The number of carbonyl (C=O) groups is 1. The lowest BCUT2D eigenvalue weighted by Crippen LogP contribution is -2.42. The van der Waals surface area contributed by atoms with Crippen LogP contribution in [-0.2, 0) is 26.1 Å². The molecule has 0 aromatic heterocycles. The molecule has 8 heteroatoms. The van der Waals surface area contributed by atoms with Crippen LogP contribution in [0.1, 0.15) is 17.3 Å². The van der Waals surface area contributed by atoms with Crippen molar-refractivity contribution in [2.24, 2.45) is 0 Å². The SMILES string of the molecule is COC(=O)COc1ccc(C2Nc3ccccc3S(=O)(=O)N2Cc2ccccc2)cc1. The molecule has 0 bridgehead atoms. The van der Waals surface area contributed by atoms with E-state index in [0.717, 1.165) is 11.1 Å². The lowest BCUT2D eigenvalue weighted by molar-refractivity contribution is -0.142. The van der Waals surface area contributed by atoms with Gasteiger partial charge in [0.15, 0.2) is 6.61 Å². The van der Waals surface area contributed by atoms with Gasteiger partial charge in [0.25, 0.3) is 0 Å². The van der Waals surface area contributed by atoms with Gasteiger partial charge in [-0.3, -0.25) is 0 Å². The average molecular weight is 439 g/mol. The quantitative estimate of drug-likeness (QED) is 0.593. The highest BCUT2D eigenvalue weighted by atomic mass is 32.2. The number of anilines is 1. The number of hydrogen-bond donors (Lipinski definition) is 1. The first kappa shape index (κ1) is 20.9. The topological polar surface area (TPSA) is 84.9 Å². The highest BCUT2D eigenvalue weighted by Crippen LogP contribution is 2.39. The number of sulfonamides is 1. The zero-order valence-corrected chi connectivity index (χ0v) is 17.7. The van der Waals surface area contributed by atoms with E-state index in [-0.39, 0.29) is 18.0 Å². The molecule has 1 atom stereocenters. The summed E-state index contributed by atoms with van der Waals surface area (Å²) in [6, 6.07) is 23.3. The summed E-state index contributed by atoms with van der Waals surface area (Å²) in [6.45, 7) is 0.0230. The molecule has 0 radical (unpaired) electrons. The van der Waals surface area contributed by atoms with Crippen molar-refractivity contribution in [3.05, 3.63) is 90.0 Å². The van der Waals surface area contributed by atoms with Crippen LogP contribution in [0.25, 0.3) is 0 Å². The van der Waals surface area contributed by atoms with Crippen molar-refractivity contribution in [3.63, 3.8) is 0 Å². The molecule has 1 heterocycles. The molecule has 0 saturated carbocycles. The summed E-state index contributed by atoms with van der Waals surface area (Å²) in [5.74, 6) is 0.0117. The number of hydrogen-bond acceptors (Lipinski definition) is 6. The Morgan fingerprint density at radius 1 is 0.968 bits per heavy atom. The van der Waals surface area contributed by atoms with E-state index in [1.807, 2.05) is 30.3 Å². The molecule has 4 rings (SSSR count). The normalized spacial score (nSPS) is 17.3. The summed E-state index contributed by atoms with van der Waals surface area (Å²) in [4.78, 5) is 11.5. The standard InChI is InChI=1S/C23H22N2O5S/c1-29-22(26)16-30-19-13-11-18(12-14-19)23-24-20-9-5-6-10-21(20)31(27,28)25(23)15-17-7-3-2-4-8-17/h2-14,23-24H,15-16H2,1H3. The highest BCUT2D eigenvalue weighted by molar-refractivity contribution is 7.89. The van der Waals surface area contributed by atoms with Gasteiger partial charge in [0.1, 0.15) is 16.8 Å². The summed E-state index contributed by atoms with van der Waals surface area (Å²) in [7, 11) is -2.44. The Balaban J connectivity index is 1.67. The molecule has 0 saturated heterocycles. The first-order chi connectivity index (χ1) is 15.0. The van der Waals surface area contributed by atoms with Crippen LogP contribution in [0.4, 0.5) is 5.69 Å². The summed E-state index contributed by atoms with van der Waals surface area (Å²) in [5, 5.41) is 3.35. The molecule has 0 aliphatic carbocycles. The molecule has 3 aromatic carbocycles. The molecule has 160 valence electrons. The second kappa shape index (κ2) is 8.79. The fourth-order valence-electron chi connectivity index (χ4n) is 3.43. The third-order valence-electron chi connectivity index (χ3n) is 5.02. The fraction of sp³-hybridized carbons (Fsp3) is 0.174. The molecule has 1 aliphatic rings. The van der Waals surface area contributed by atoms with Gasteiger partial charge in [-0.05, 0) is 35.4 Å². The highest BCUT2D eigenvalue weighted by Gasteiger charge is 2.38. The van der Waals surface area contributed by atoms with Crippen LogP contribution in [-0.4, -0.2) is 32.4 Å². The van der Waals surface area contributed by atoms with E-state index in [0.29, 0.717) is 11.4 Å². The van der Waals surface area contributed by atoms with E-state index in [9.17, 15) is 13.2 Å². The number of fused-ring (bicyclic) bond motifs is 1. The van der Waals surface area contributed by atoms with Gasteiger partial charge in [-0.1, -0.05) is 54.6 Å². The van der Waals surface area contributed by atoms with E-state index in [4.69, 9.17) is 4.74 Å². The number of para-hydroxylation sites is 1.